The number of carbonyl (C=O) groups excluding carboxylic acids is 2. The van der Waals surface area contributed by atoms with Gasteiger partial charge in [0.25, 0.3) is 5.91 Å². The molecular formula is C19H17NO4. The minimum absolute atomic E-state index is 0.00662. The molecule has 5 nitrogen and oxygen atoms in total. The molecule has 0 fully saturated rings. The van der Waals surface area contributed by atoms with Gasteiger partial charge in [-0.1, -0.05) is 42.5 Å². The van der Waals surface area contributed by atoms with Crippen LogP contribution in [0.3, 0.4) is 0 Å². The van der Waals surface area contributed by atoms with Crippen LogP contribution in [0.4, 0.5) is 0 Å². The van der Waals surface area contributed by atoms with E-state index >= 15 is 0 Å². The number of fused-ring (bicyclic) bond motifs is 1. The Balaban J connectivity index is 1.77. The van der Waals surface area contributed by atoms with E-state index in [4.69, 9.17) is 14.9 Å². The molecule has 122 valence electrons. The van der Waals surface area contributed by atoms with Crippen LogP contribution in [0.1, 0.15) is 22.8 Å². The van der Waals surface area contributed by atoms with E-state index in [0.717, 1.165) is 10.9 Å². The van der Waals surface area contributed by atoms with Gasteiger partial charge in [0.15, 0.2) is 0 Å². The quantitative estimate of drug-likeness (QED) is 0.732. The fraction of sp³-hybridized carbons (Fsp3) is 0.158. The average molecular weight is 323 g/mol. The van der Waals surface area contributed by atoms with Crippen LogP contribution in [0.2, 0.25) is 0 Å². The van der Waals surface area contributed by atoms with Crippen LogP contribution in [-0.4, -0.2) is 11.9 Å². The van der Waals surface area contributed by atoms with Crippen LogP contribution in [-0.2, 0) is 20.7 Å². The number of hydrogen-bond acceptors (Lipinski definition) is 4. The molecule has 3 aromatic rings. The lowest BCUT2D eigenvalue weighted by Gasteiger charge is -2.14. The second-order valence-corrected chi connectivity index (χ2v) is 5.62. The van der Waals surface area contributed by atoms with Crippen molar-refractivity contribution in [2.24, 2.45) is 5.73 Å². The van der Waals surface area contributed by atoms with Gasteiger partial charge in [-0.3, -0.25) is 9.59 Å². The topological polar surface area (TPSA) is 82.5 Å². The number of aryl methyl sites for hydroxylation is 1. The summed E-state index contributed by atoms with van der Waals surface area (Å²) in [6.45, 7) is 1.97. The second-order valence-electron chi connectivity index (χ2n) is 5.62. The first-order valence-corrected chi connectivity index (χ1v) is 7.55. The minimum Gasteiger partial charge on any atom is -0.464 e. The van der Waals surface area contributed by atoms with E-state index in [2.05, 4.69) is 0 Å². The van der Waals surface area contributed by atoms with Gasteiger partial charge in [-0.15, -0.1) is 0 Å². The van der Waals surface area contributed by atoms with Crippen molar-refractivity contribution in [3.05, 3.63) is 71.5 Å². The highest BCUT2D eigenvalue weighted by molar-refractivity contribution is 5.88. The number of primary amides is 1. The van der Waals surface area contributed by atoms with Crippen LogP contribution in [0, 0.1) is 6.92 Å². The number of carbonyl (C=O) groups is 2. The molecule has 1 amide bonds. The molecule has 0 bridgehead atoms. The molecule has 0 aliphatic rings. The highest BCUT2D eigenvalue weighted by Crippen LogP contribution is 2.24. The van der Waals surface area contributed by atoms with Crippen LogP contribution in [0.25, 0.3) is 11.0 Å². The van der Waals surface area contributed by atoms with E-state index in [0.29, 0.717) is 16.7 Å². The van der Waals surface area contributed by atoms with Crippen LogP contribution < -0.4 is 5.73 Å². The van der Waals surface area contributed by atoms with Crippen molar-refractivity contribution in [3.63, 3.8) is 0 Å². The predicted molar refractivity (Wildman–Crippen MR) is 89.1 cm³/mol. The summed E-state index contributed by atoms with van der Waals surface area (Å²) in [5.41, 5.74) is 8.41. The lowest BCUT2D eigenvalue weighted by molar-refractivity contribution is -0.154. The predicted octanol–water partition coefficient (Wildman–Crippen LogP) is 3.05. The van der Waals surface area contributed by atoms with Crippen molar-refractivity contribution in [3.8, 4) is 0 Å². The smallest absolute Gasteiger partial charge is 0.311 e. The summed E-state index contributed by atoms with van der Waals surface area (Å²) < 4.78 is 10.8. The summed E-state index contributed by atoms with van der Waals surface area (Å²) in [6, 6.07) is 14.5. The van der Waals surface area contributed by atoms with Crippen molar-refractivity contribution in [1.82, 2.24) is 0 Å². The SMILES string of the molecule is Cc1ccc2c(CC(=O)OC(C(N)=O)c3ccccc3)coc2c1. The first kappa shape index (κ1) is 15.8. The Morgan fingerprint density at radius 1 is 1.17 bits per heavy atom. The Labute approximate surface area is 139 Å². The summed E-state index contributed by atoms with van der Waals surface area (Å²) in [7, 11) is 0. The zero-order valence-corrected chi connectivity index (χ0v) is 13.2. The van der Waals surface area contributed by atoms with E-state index < -0.39 is 18.0 Å². The molecular weight excluding hydrogens is 306 g/mol. The molecule has 1 aromatic heterocycles. The molecule has 24 heavy (non-hydrogen) atoms. The van der Waals surface area contributed by atoms with E-state index in [-0.39, 0.29) is 6.42 Å². The van der Waals surface area contributed by atoms with Gasteiger partial charge < -0.3 is 14.9 Å². The number of hydrogen-bond donors (Lipinski definition) is 1. The van der Waals surface area contributed by atoms with E-state index in [1.54, 1.807) is 24.3 Å². The van der Waals surface area contributed by atoms with Gasteiger partial charge in [0.2, 0.25) is 6.10 Å². The van der Waals surface area contributed by atoms with Gasteiger partial charge in [-0.05, 0) is 18.6 Å². The average Bonchev–Trinajstić information content (AvgIpc) is 2.95. The highest BCUT2D eigenvalue weighted by Gasteiger charge is 2.23. The number of esters is 1. The molecule has 2 N–H and O–H groups in total. The van der Waals surface area contributed by atoms with Crippen molar-refractivity contribution in [1.29, 1.82) is 0 Å². The van der Waals surface area contributed by atoms with E-state index in [1.165, 1.54) is 6.26 Å². The Bertz CT molecular complexity index is 883. The van der Waals surface area contributed by atoms with Gasteiger partial charge in [-0.2, -0.15) is 0 Å². The van der Waals surface area contributed by atoms with Gasteiger partial charge in [0.1, 0.15) is 5.58 Å². The van der Waals surface area contributed by atoms with Crippen LogP contribution in [0.5, 0.6) is 0 Å². The molecule has 5 heteroatoms. The Kier molecular flexibility index (Phi) is 4.33. The molecule has 0 spiro atoms. The van der Waals surface area contributed by atoms with Crippen molar-refractivity contribution in [2.45, 2.75) is 19.4 Å². The number of ether oxygens (including phenoxy) is 1. The molecule has 1 heterocycles. The zero-order valence-electron chi connectivity index (χ0n) is 13.2. The number of benzene rings is 2. The maximum Gasteiger partial charge on any atom is 0.311 e. The first-order valence-electron chi connectivity index (χ1n) is 7.55. The number of furan rings is 1. The Morgan fingerprint density at radius 2 is 1.92 bits per heavy atom. The summed E-state index contributed by atoms with van der Waals surface area (Å²) in [4.78, 5) is 23.9. The van der Waals surface area contributed by atoms with E-state index in [1.807, 2.05) is 31.2 Å². The highest BCUT2D eigenvalue weighted by atomic mass is 16.5. The van der Waals surface area contributed by atoms with E-state index in [9.17, 15) is 9.59 Å². The molecule has 0 aliphatic heterocycles. The van der Waals surface area contributed by atoms with Crippen molar-refractivity contribution in [2.75, 3.05) is 0 Å². The van der Waals surface area contributed by atoms with Crippen molar-refractivity contribution >= 4 is 22.8 Å². The van der Waals surface area contributed by atoms with Crippen molar-refractivity contribution < 1.29 is 18.7 Å². The molecule has 3 rings (SSSR count). The third-order valence-electron chi connectivity index (χ3n) is 3.76. The maximum atomic E-state index is 12.2. The normalized spacial score (nSPS) is 12.0. The monoisotopic (exact) mass is 323 g/mol. The minimum atomic E-state index is -1.10. The molecule has 0 aliphatic carbocycles. The fourth-order valence-electron chi connectivity index (χ4n) is 2.57. The van der Waals surface area contributed by atoms with Gasteiger partial charge >= 0.3 is 5.97 Å². The van der Waals surface area contributed by atoms with Gasteiger partial charge in [-0.25, -0.2) is 0 Å². The van der Waals surface area contributed by atoms with Gasteiger partial charge in [0, 0.05) is 16.5 Å². The summed E-state index contributed by atoms with van der Waals surface area (Å²) in [5.74, 6) is -1.24. The molecule has 0 saturated heterocycles. The largest absolute Gasteiger partial charge is 0.464 e. The Hall–Kier alpha value is -3.08. The van der Waals surface area contributed by atoms with Gasteiger partial charge in [0.05, 0.1) is 12.7 Å². The second kappa shape index (κ2) is 6.58. The summed E-state index contributed by atoms with van der Waals surface area (Å²) in [5, 5.41) is 0.855. The maximum absolute atomic E-state index is 12.2. The number of rotatable bonds is 5. The van der Waals surface area contributed by atoms with Crippen LogP contribution in [0.15, 0.2) is 59.2 Å². The van der Waals surface area contributed by atoms with Crippen LogP contribution >= 0.6 is 0 Å². The molecule has 2 aromatic carbocycles. The molecule has 1 atom stereocenters. The zero-order chi connectivity index (χ0) is 17.1. The molecule has 1 unspecified atom stereocenters. The summed E-state index contributed by atoms with van der Waals surface area (Å²) >= 11 is 0. The third-order valence-corrected chi connectivity index (χ3v) is 3.76. The molecule has 0 radical (unpaired) electrons. The lowest BCUT2D eigenvalue weighted by Crippen LogP contribution is -2.26. The number of amides is 1. The molecule has 0 saturated carbocycles. The third kappa shape index (κ3) is 3.30. The number of nitrogens with two attached hydrogens (primary N) is 1. The first-order chi connectivity index (χ1) is 11.5. The lowest BCUT2D eigenvalue weighted by atomic mass is 10.1. The summed E-state index contributed by atoms with van der Waals surface area (Å²) in [6.07, 6.45) is 0.443. The standard InChI is InChI=1S/C19H17NO4/c1-12-7-8-15-14(11-23-16(15)9-12)10-17(21)24-18(19(20)22)13-5-3-2-4-6-13/h2-9,11,18H,10H2,1H3,(H2,20,22). The fourth-order valence-corrected chi connectivity index (χ4v) is 2.57. The Morgan fingerprint density at radius 3 is 2.62 bits per heavy atom.